The molecule has 0 saturated heterocycles. The number of benzene rings is 1. The van der Waals surface area contributed by atoms with E-state index < -0.39 is 0 Å². The normalized spacial score (nSPS) is 12.8. The molecule has 142 valence electrons. The Balaban J connectivity index is 2.04. The number of carbonyl (C=O) groups excluding carboxylic acids is 1. The Morgan fingerprint density at radius 2 is 1.92 bits per heavy atom. The van der Waals surface area contributed by atoms with Gasteiger partial charge in [-0.2, -0.15) is 4.98 Å². The van der Waals surface area contributed by atoms with Crippen LogP contribution in [0.4, 0.5) is 0 Å². The van der Waals surface area contributed by atoms with Gasteiger partial charge in [-0.05, 0) is 43.0 Å². The lowest BCUT2D eigenvalue weighted by atomic mass is 9.91. The molecule has 6 heteroatoms. The first-order valence-electron chi connectivity index (χ1n) is 9.07. The van der Waals surface area contributed by atoms with Crippen molar-refractivity contribution in [2.24, 2.45) is 5.41 Å². The Labute approximate surface area is 164 Å². The molecule has 0 aliphatic rings. The van der Waals surface area contributed by atoms with Crippen molar-refractivity contribution in [2.45, 2.75) is 59.9 Å². The standard InChI is InChI=1S/C20H28BrN3O2/c1-6-14(2)24(18(25)13-20(3,4)5)12-11-17-22-19(23-26-17)15-7-9-16(21)10-8-15/h7-10,14H,6,11-13H2,1-5H3. The van der Waals surface area contributed by atoms with E-state index in [0.29, 0.717) is 31.1 Å². The highest BCUT2D eigenvalue weighted by Crippen LogP contribution is 2.22. The summed E-state index contributed by atoms with van der Waals surface area (Å²) < 4.78 is 6.39. The molecule has 0 radical (unpaired) electrons. The molecule has 0 saturated carbocycles. The van der Waals surface area contributed by atoms with Gasteiger partial charge in [-0.3, -0.25) is 4.79 Å². The number of aromatic nitrogens is 2. The molecule has 0 aliphatic heterocycles. The SMILES string of the molecule is CCC(C)N(CCc1nc(-c2ccc(Br)cc2)no1)C(=O)CC(C)(C)C. The molecule has 2 aromatic rings. The highest BCUT2D eigenvalue weighted by molar-refractivity contribution is 9.10. The van der Waals surface area contributed by atoms with Crippen LogP contribution in [-0.2, 0) is 11.2 Å². The van der Waals surface area contributed by atoms with Crippen LogP contribution in [-0.4, -0.2) is 33.5 Å². The third kappa shape index (κ3) is 5.94. The molecule has 1 atom stereocenters. The summed E-state index contributed by atoms with van der Waals surface area (Å²) in [7, 11) is 0. The zero-order valence-electron chi connectivity index (χ0n) is 16.3. The first kappa shape index (κ1) is 20.6. The van der Waals surface area contributed by atoms with Gasteiger partial charge in [-0.25, -0.2) is 0 Å². The molecule has 0 spiro atoms. The van der Waals surface area contributed by atoms with Gasteiger partial charge in [0.25, 0.3) is 0 Å². The third-order valence-corrected chi connectivity index (χ3v) is 4.79. The third-order valence-electron chi connectivity index (χ3n) is 4.26. The summed E-state index contributed by atoms with van der Waals surface area (Å²) in [6.45, 7) is 11.0. The predicted molar refractivity (Wildman–Crippen MR) is 107 cm³/mol. The maximum Gasteiger partial charge on any atom is 0.228 e. The van der Waals surface area contributed by atoms with Crippen LogP contribution in [0.5, 0.6) is 0 Å². The summed E-state index contributed by atoms with van der Waals surface area (Å²) in [6, 6.07) is 7.97. The lowest BCUT2D eigenvalue weighted by molar-refractivity contribution is -0.135. The lowest BCUT2D eigenvalue weighted by Crippen LogP contribution is -2.41. The van der Waals surface area contributed by atoms with Crippen LogP contribution in [0.2, 0.25) is 0 Å². The Bertz CT molecular complexity index is 719. The Morgan fingerprint density at radius 1 is 1.27 bits per heavy atom. The fourth-order valence-electron chi connectivity index (χ4n) is 2.66. The molecule has 1 aromatic carbocycles. The minimum atomic E-state index is -0.0258. The van der Waals surface area contributed by atoms with Crippen molar-refractivity contribution in [2.75, 3.05) is 6.54 Å². The van der Waals surface area contributed by atoms with E-state index in [2.05, 4.69) is 60.7 Å². The number of hydrogen-bond donors (Lipinski definition) is 0. The number of hydrogen-bond acceptors (Lipinski definition) is 4. The summed E-state index contributed by atoms with van der Waals surface area (Å²) in [5, 5.41) is 4.06. The highest BCUT2D eigenvalue weighted by atomic mass is 79.9. The lowest BCUT2D eigenvalue weighted by Gasteiger charge is -2.31. The van der Waals surface area contributed by atoms with E-state index in [9.17, 15) is 4.79 Å². The predicted octanol–water partition coefficient (Wildman–Crippen LogP) is 5.10. The Hall–Kier alpha value is -1.69. The molecule has 1 aromatic heterocycles. The van der Waals surface area contributed by atoms with Gasteiger partial charge >= 0.3 is 0 Å². The van der Waals surface area contributed by atoms with Gasteiger partial charge in [0.2, 0.25) is 17.6 Å². The van der Waals surface area contributed by atoms with E-state index in [-0.39, 0.29) is 17.4 Å². The average Bonchev–Trinajstić information content (AvgIpc) is 3.02. The second-order valence-corrected chi connectivity index (χ2v) is 8.77. The molecule has 0 aliphatic carbocycles. The van der Waals surface area contributed by atoms with E-state index in [0.717, 1.165) is 16.5 Å². The maximum atomic E-state index is 12.7. The summed E-state index contributed by atoms with van der Waals surface area (Å²) in [6.07, 6.45) is 2.01. The molecule has 26 heavy (non-hydrogen) atoms. The van der Waals surface area contributed by atoms with Crippen LogP contribution < -0.4 is 0 Å². The summed E-state index contributed by atoms with van der Waals surface area (Å²) in [4.78, 5) is 19.1. The molecule has 0 N–H and O–H groups in total. The molecule has 0 bridgehead atoms. The molecule has 2 rings (SSSR count). The molecule has 1 heterocycles. The van der Waals surface area contributed by atoms with Gasteiger partial charge in [0.1, 0.15) is 0 Å². The number of amides is 1. The topological polar surface area (TPSA) is 59.2 Å². The second kappa shape index (κ2) is 8.80. The minimum Gasteiger partial charge on any atom is -0.339 e. The van der Waals surface area contributed by atoms with Crippen molar-refractivity contribution < 1.29 is 9.32 Å². The first-order valence-corrected chi connectivity index (χ1v) is 9.87. The van der Waals surface area contributed by atoms with Crippen molar-refractivity contribution in [1.82, 2.24) is 15.0 Å². The molecule has 5 nitrogen and oxygen atoms in total. The first-order chi connectivity index (χ1) is 12.2. The van der Waals surface area contributed by atoms with Gasteiger partial charge in [0.15, 0.2) is 0 Å². The molecular formula is C20H28BrN3O2. The van der Waals surface area contributed by atoms with Crippen LogP contribution in [0.3, 0.4) is 0 Å². The van der Waals surface area contributed by atoms with E-state index in [4.69, 9.17) is 4.52 Å². The van der Waals surface area contributed by atoms with Gasteiger partial charge in [-0.15, -0.1) is 0 Å². The van der Waals surface area contributed by atoms with Gasteiger partial charge < -0.3 is 9.42 Å². The van der Waals surface area contributed by atoms with Crippen LogP contribution in [0.25, 0.3) is 11.4 Å². The van der Waals surface area contributed by atoms with E-state index >= 15 is 0 Å². The van der Waals surface area contributed by atoms with Crippen LogP contribution in [0.1, 0.15) is 53.4 Å². The quantitative estimate of drug-likeness (QED) is 0.623. The van der Waals surface area contributed by atoms with Crippen LogP contribution in [0.15, 0.2) is 33.3 Å². The van der Waals surface area contributed by atoms with Gasteiger partial charge in [0, 0.05) is 35.5 Å². The van der Waals surface area contributed by atoms with Gasteiger partial charge in [-0.1, -0.05) is 48.8 Å². The minimum absolute atomic E-state index is 0.0258. The van der Waals surface area contributed by atoms with Gasteiger partial charge in [0.05, 0.1) is 0 Å². The molecule has 1 amide bonds. The number of rotatable bonds is 7. The van der Waals surface area contributed by atoms with Crippen molar-refractivity contribution in [3.8, 4) is 11.4 Å². The maximum absolute atomic E-state index is 12.7. The van der Waals surface area contributed by atoms with Crippen molar-refractivity contribution in [1.29, 1.82) is 0 Å². The zero-order valence-corrected chi connectivity index (χ0v) is 17.8. The smallest absolute Gasteiger partial charge is 0.228 e. The fourth-order valence-corrected chi connectivity index (χ4v) is 2.92. The second-order valence-electron chi connectivity index (χ2n) is 7.85. The molecule has 1 unspecified atom stereocenters. The monoisotopic (exact) mass is 421 g/mol. The van der Waals surface area contributed by atoms with E-state index in [1.54, 1.807) is 0 Å². The van der Waals surface area contributed by atoms with E-state index in [1.165, 1.54) is 0 Å². The fraction of sp³-hybridized carbons (Fsp3) is 0.550. The highest BCUT2D eigenvalue weighted by Gasteiger charge is 2.24. The molecular weight excluding hydrogens is 394 g/mol. The molecule has 0 fully saturated rings. The summed E-state index contributed by atoms with van der Waals surface area (Å²) in [5.41, 5.74) is 0.882. The number of carbonyl (C=O) groups is 1. The van der Waals surface area contributed by atoms with Crippen LogP contribution in [0, 0.1) is 5.41 Å². The van der Waals surface area contributed by atoms with Crippen molar-refractivity contribution >= 4 is 21.8 Å². The number of halogens is 1. The number of nitrogens with zero attached hydrogens (tertiary/aromatic N) is 3. The summed E-state index contributed by atoms with van der Waals surface area (Å²) >= 11 is 3.42. The largest absolute Gasteiger partial charge is 0.339 e. The Kier molecular flexibility index (Phi) is 6.98. The Morgan fingerprint density at radius 3 is 2.50 bits per heavy atom. The average molecular weight is 422 g/mol. The van der Waals surface area contributed by atoms with Crippen molar-refractivity contribution in [3.05, 3.63) is 34.6 Å². The van der Waals surface area contributed by atoms with Crippen molar-refractivity contribution in [3.63, 3.8) is 0 Å². The van der Waals surface area contributed by atoms with Crippen LogP contribution >= 0.6 is 15.9 Å². The van der Waals surface area contributed by atoms with E-state index in [1.807, 2.05) is 29.2 Å². The zero-order chi connectivity index (χ0) is 19.3. The summed E-state index contributed by atoms with van der Waals surface area (Å²) in [5.74, 6) is 1.31.